The average Bonchev–Trinajstić information content (AvgIpc) is 2.26. The summed E-state index contributed by atoms with van der Waals surface area (Å²) in [6.45, 7) is 3.45. The fourth-order valence-electron chi connectivity index (χ4n) is 1.25. The Hall–Kier alpha value is -1.91. The SMILES string of the molecule is CC(C)NC(=O)COc1ccc(F)cc1C=O. The third kappa shape index (κ3) is 4.22. The molecule has 1 N–H and O–H groups in total. The molecule has 92 valence electrons. The molecule has 0 saturated carbocycles. The van der Waals surface area contributed by atoms with Gasteiger partial charge in [-0.25, -0.2) is 4.39 Å². The van der Waals surface area contributed by atoms with Crippen molar-refractivity contribution in [1.82, 2.24) is 5.32 Å². The highest BCUT2D eigenvalue weighted by Gasteiger charge is 2.08. The molecule has 1 amide bonds. The number of amides is 1. The van der Waals surface area contributed by atoms with Crippen LogP contribution in [-0.2, 0) is 4.79 Å². The van der Waals surface area contributed by atoms with Crippen molar-refractivity contribution in [2.75, 3.05) is 6.61 Å². The van der Waals surface area contributed by atoms with Gasteiger partial charge >= 0.3 is 0 Å². The van der Waals surface area contributed by atoms with Gasteiger partial charge in [-0.3, -0.25) is 9.59 Å². The minimum absolute atomic E-state index is 0.0184. The van der Waals surface area contributed by atoms with Gasteiger partial charge in [0.1, 0.15) is 11.6 Å². The smallest absolute Gasteiger partial charge is 0.258 e. The molecule has 0 aliphatic rings. The van der Waals surface area contributed by atoms with E-state index >= 15 is 0 Å². The maximum absolute atomic E-state index is 12.8. The number of carbonyl (C=O) groups excluding carboxylic acids is 2. The lowest BCUT2D eigenvalue weighted by Crippen LogP contribution is -2.34. The number of benzene rings is 1. The predicted molar refractivity (Wildman–Crippen MR) is 60.6 cm³/mol. The number of hydrogen-bond acceptors (Lipinski definition) is 3. The summed E-state index contributed by atoms with van der Waals surface area (Å²) < 4.78 is 17.9. The molecule has 0 fully saturated rings. The van der Waals surface area contributed by atoms with Gasteiger partial charge in [0.25, 0.3) is 5.91 Å². The van der Waals surface area contributed by atoms with Gasteiger partial charge in [0, 0.05) is 6.04 Å². The maximum atomic E-state index is 12.8. The van der Waals surface area contributed by atoms with Gasteiger partial charge in [0.05, 0.1) is 5.56 Å². The van der Waals surface area contributed by atoms with Crippen molar-refractivity contribution in [1.29, 1.82) is 0 Å². The van der Waals surface area contributed by atoms with Crippen molar-refractivity contribution in [3.8, 4) is 5.75 Å². The molecular weight excluding hydrogens is 225 g/mol. The predicted octanol–water partition coefficient (Wildman–Crippen LogP) is 1.54. The second-order valence-corrected chi connectivity index (χ2v) is 3.81. The van der Waals surface area contributed by atoms with Gasteiger partial charge < -0.3 is 10.1 Å². The summed E-state index contributed by atoms with van der Waals surface area (Å²) in [5.74, 6) is -0.618. The summed E-state index contributed by atoms with van der Waals surface area (Å²) in [7, 11) is 0. The summed E-state index contributed by atoms with van der Waals surface area (Å²) in [5.41, 5.74) is 0.0855. The van der Waals surface area contributed by atoms with Crippen molar-refractivity contribution in [2.24, 2.45) is 0 Å². The average molecular weight is 239 g/mol. The highest BCUT2D eigenvalue weighted by Crippen LogP contribution is 2.17. The van der Waals surface area contributed by atoms with Crippen LogP contribution in [0.4, 0.5) is 4.39 Å². The first-order chi connectivity index (χ1) is 8.02. The van der Waals surface area contributed by atoms with Gasteiger partial charge in [-0.2, -0.15) is 0 Å². The first-order valence-corrected chi connectivity index (χ1v) is 5.20. The molecule has 17 heavy (non-hydrogen) atoms. The van der Waals surface area contributed by atoms with E-state index in [-0.39, 0.29) is 29.9 Å². The molecule has 0 aliphatic heterocycles. The summed E-state index contributed by atoms with van der Waals surface area (Å²) in [5, 5.41) is 2.64. The van der Waals surface area contributed by atoms with E-state index < -0.39 is 5.82 Å². The van der Waals surface area contributed by atoms with E-state index in [1.54, 1.807) is 0 Å². The highest BCUT2D eigenvalue weighted by atomic mass is 19.1. The summed E-state index contributed by atoms with van der Waals surface area (Å²) in [4.78, 5) is 21.9. The molecule has 0 saturated heterocycles. The zero-order valence-electron chi connectivity index (χ0n) is 9.70. The minimum atomic E-state index is -0.522. The van der Waals surface area contributed by atoms with Crippen molar-refractivity contribution >= 4 is 12.2 Å². The number of rotatable bonds is 5. The fourth-order valence-corrected chi connectivity index (χ4v) is 1.25. The van der Waals surface area contributed by atoms with Gasteiger partial charge in [-0.15, -0.1) is 0 Å². The van der Waals surface area contributed by atoms with E-state index in [1.165, 1.54) is 12.1 Å². The normalized spacial score (nSPS) is 10.1. The number of hydrogen-bond donors (Lipinski definition) is 1. The Morgan fingerprint density at radius 3 is 2.82 bits per heavy atom. The van der Waals surface area contributed by atoms with Crippen LogP contribution in [0.1, 0.15) is 24.2 Å². The molecule has 0 aromatic heterocycles. The lowest BCUT2D eigenvalue weighted by atomic mass is 10.2. The Labute approximate surface area is 98.8 Å². The molecule has 1 aromatic carbocycles. The maximum Gasteiger partial charge on any atom is 0.258 e. The van der Waals surface area contributed by atoms with Gasteiger partial charge in [-0.05, 0) is 32.0 Å². The van der Waals surface area contributed by atoms with Crippen LogP contribution in [0.25, 0.3) is 0 Å². The number of halogens is 1. The number of ether oxygens (including phenoxy) is 1. The van der Waals surface area contributed by atoms with Crippen molar-refractivity contribution in [2.45, 2.75) is 19.9 Å². The topological polar surface area (TPSA) is 55.4 Å². The third-order valence-corrected chi connectivity index (χ3v) is 1.91. The monoisotopic (exact) mass is 239 g/mol. The lowest BCUT2D eigenvalue weighted by molar-refractivity contribution is -0.123. The van der Waals surface area contributed by atoms with E-state index in [9.17, 15) is 14.0 Å². The van der Waals surface area contributed by atoms with Crippen LogP contribution in [0, 0.1) is 5.82 Å². The molecule has 0 heterocycles. The Balaban J connectivity index is 2.63. The Kier molecular flexibility index (Phi) is 4.63. The zero-order valence-corrected chi connectivity index (χ0v) is 9.70. The second-order valence-electron chi connectivity index (χ2n) is 3.81. The highest BCUT2D eigenvalue weighted by molar-refractivity contribution is 5.80. The number of nitrogens with one attached hydrogen (secondary N) is 1. The molecule has 0 aliphatic carbocycles. The Bertz CT molecular complexity index is 418. The third-order valence-electron chi connectivity index (χ3n) is 1.91. The molecular formula is C12H14FNO3. The van der Waals surface area contributed by atoms with Crippen LogP contribution >= 0.6 is 0 Å². The summed E-state index contributed by atoms with van der Waals surface area (Å²) >= 11 is 0. The van der Waals surface area contributed by atoms with E-state index in [0.717, 1.165) is 6.07 Å². The molecule has 4 nitrogen and oxygen atoms in total. The van der Waals surface area contributed by atoms with E-state index in [1.807, 2.05) is 13.8 Å². The van der Waals surface area contributed by atoms with E-state index in [4.69, 9.17) is 4.74 Å². The summed E-state index contributed by atoms with van der Waals surface area (Å²) in [6.07, 6.45) is 0.485. The van der Waals surface area contributed by atoms with Crippen molar-refractivity contribution in [3.63, 3.8) is 0 Å². The summed E-state index contributed by atoms with van der Waals surface area (Å²) in [6, 6.07) is 3.57. The van der Waals surface area contributed by atoms with Crippen LogP contribution in [0.2, 0.25) is 0 Å². The molecule has 0 atom stereocenters. The zero-order chi connectivity index (χ0) is 12.8. The quantitative estimate of drug-likeness (QED) is 0.793. The number of aldehydes is 1. The van der Waals surface area contributed by atoms with E-state index in [2.05, 4.69) is 5.32 Å². The van der Waals surface area contributed by atoms with Gasteiger partial charge in [0.15, 0.2) is 12.9 Å². The molecule has 0 bridgehead atoms. The van der Waals surface area contributed by atoms with Gasteiger partial charge in [-0.1, -0.05) is 0 Å². The molecule has 0 spiro atoms. The van der Waals surface area contributed by atoms with Crippen LogP contribution in [-0.4, -0.2) is 24.8 Å². The molecule has 0 unspecified atom stereocenters. The van der Waals surface area contributed by atoms with Crippen molar-refractivity contribution < 1.29 is 18.7 Å². The van der Waals surface area contributed by atoms with Gasteiger partial charge in [0.2, 0.25) is 0 Å². The molecule has 0 radical (unpaired) electrons. The molecule has 1 aromatic rings. The fraction of sp³-hybridized carbons (Fsp3) is 0.333. The first kappa shape index (κ1) is 13.2. The largest absolute Gasteiger partial charge is 0.483 e. The van der Waals surface area contributed by atoms with Crippen LogP contribution in [0.3, 0.4) is 0 Å². The van der Waals surface area contributed by atoms with Crippen molar-refractivity contribution in [3.05, 3.63) is 29.6 Å². The lowest BCUT2D eigenvalue weighted by Gasteiger charge is -2.10. The van der Waals surface area contributed by atoms with Crippen LogP contribution in [0.15, 0.2) is 18.2 Å². The molecule has 1 rings (SSSR count). The molecule has 5 heteroatoms. The van der Waals surface area contributed by atoms with E-state index in [0.29, 0.717) is 6.29 Å². The number of carbonyl (C=O) groups is 2. The second kappa shape index (κ2) is 5.98. The van der Waals surface area contributed by atoms with Crippen LogP contribution < -0.4 is 10.1 Å². The Morgan fingerprint density at radius 1 is 1.53 bits per heavy atom. The standard InChI is InChI=1S/C12H14FNO3/c1-8(2)14-12(16)7-17-11-4-3-10(13)5-9(11)6-15/h3-6,8H,7H2,1-2H3,(H,14,16). The Morgan fingerprint density at radius 2 is 2.24 bits per heavy atom. The first-order valence-electron chi connectivity index (χ1n) is 5.20. The minimum Gasteiger partial charge on any atom is -0.483 e. The van der Waals surface area contributed by atoms with Crippen LogP contribution in [0.5, 0.6) is 5.75 Å².